The molecule has 3 aromatic heterocycles. The molecule has 4 heterocycles. The summed E-state index contributed by atoms with van der Waals surface area (Å²) in [5.41, 5.74) is 7.89. The molecule has 26 heavy (non-hydrogen) atoms. The minimum atomic E-state index is -0.764. The standard InChI is InChI=1S/C15H20N8O3/c16-13-12-14(21-7-20-13)23(11-3-9(25)10(5-24)26-11)15(22-12)18-2-1-8-4-17-6-19-8/h4,6-7,9-11,24-25H,1-3,5H2,(H,17,19)(H,18,22)(H2,16,20,21)/t9-,10+,11+/m0/s1. The summed E-state index contributed by atoms with van der Waals surface area (Å²) < 4.78 is 7.52. The predicted octanol–water partition coefficient (Wildman–Crippen LogP) is -0.573. The fourth-order valence-electron chi connectivity index (χ4n) is 3.09. The number of hydrogen-bond acceptors (Lipinski definition) is 9. The van der Waals surface area contributed by atoms with Gasteiger partial charge in [0.05, 0.1) is 19.0 Å². The average Bonchev–Trinajstić information content (AvgIpc) is 3.34. The molecule has 138 valence electrons. The van der Waals surface area contributed by atoms with Crippen molar-refractivity contribution in [2.75, 3.05) is 24.2 Å². The van der Waals surface area contributed by atoms with E-state index < -0.39 is 18.4 Å². The first-order valence-corrected chi connectivity index (χ1v) is 8.31. The normalized spacial score (nSPS) is 22.9. The molecular weight excluding hydrogens is 340 g/mol. The van der Waals surface area contributed by atoms with E-state index >= 15 is 0 Å². The second-order valence-electron chi connectivity index (χ2n) is 6.10. The van der Waals surface area contributed by atoms with Gasteiger partial charge < -0.3 is 31.0 Å². The molecule has 4 rings (SSSR count). The molecule has 1 aliphatic heterocycles. The van der Waals surface area contributed by atoms with Crippen LogP contribution in [0.5, 0.6) is 0 Å². The maximum atomic E-state index is 10.1. The number of aliphatic hydroxyl groups is 2. The van der Waals surface area contributed by atoms with Crippen molar-refractivity contribution >= 4 is 22.9 Å². The summed E-state index contributed by atoms with van der Waals surface area (Å²) >= 11 is 0. The second-order valence-corrected chi connectivity index (χ2v) is 6.10. The van der Waals surface area contributed by atoms with Crippen LogP contribution >= 0.6 is 0 Å². The molecular formula is C15H20N8O3. The molecule has 3 aromatic rings. The Morgan fingerprint density at radius 1 is 1.42 bits per heavy atom. The highest BCUT2D eigenvalue weighted by Crippen LogP contribution is 2.34. The van der Waals surface area contributed by atoms with Crippen molar-refractivity contribution in [2.45, 2.75) is 31.3 Å². The number of nitrogens with two attached hydrogens (primary N) is 1. The van der Waals surface area contributed by atoms with Gasteiger partial charge in [-0.3, -0.25) is 4.57 Å². The van der Waals surface area contributed by atoms with Crippen LogP contribution in [-0.2, 0) is 11.2 Å². The minimum absolute atomic E-state index is 0.260. The number of hydrogen-bond donors (Lipinski definition) is 5. The molecule has 0 aliphatic carbocycles. The lowest BCUT2D eigenvalue weighted by Gasteiger charge is -2.17. The Bertz CT molecular complexity index is 881. The number of aliphatic hydroxyl groups excluding tert-OH is 2. The minimum Gasteiger partial charge on any atom is -0.394 e. The smallest absolute Gasteiger partial charge is 0.207 e. The van der Waals surface area contributed by atoms with Crippen LogP contribution in [0, 0.1) is 0 Å². The summed E-state index contributed by atoms with van der Waals surface area (Å²) in [6, 6.07) is 0. The number of ether oxygens (including phenoxy) is 1. The third-order valence-electron chi connectivity index (χ3n) is 4.41. The number of anilines is 2. The van der Waals surface area contributed by atoms with Gasteiger partial charge in [0.2, 0.25) is 5.95 Å². The molecule has 0 aromatic carbocycles. The zero-order chi connectivity index (χ0) is 18.1. The van der Waals surface area contributed by atoms with E-state index in [1.165, 1.54) is 6.33 Å². The fraction of sp³-hybridized carbons (Fsp3) is 0.467. The molecule has 0 spiro atoms. The molecule has 1 aliphatic rings. The Morgan fingerprint density at radius 3 is 3.04 bits per heavy atom. The van der Waals surface area contributed by atoms with Gasteiger partial charge in [0.1, 0.15) is 18.7 Å². The number of aromatic nitrogens is 6. The number of fused-ring (bicyclic) bond motifs is 1. The first kappa shape index (κ1) is 16.7. The third kappa shape index (κ3) is 2.96. The molecule has 3 atom stereocenters. The first-order valence-electron chi connectivity index (χ1n) is 8.31. The summed E-state index contributed by atoms with van der Waals surface area (Å²) in [6.07, 6.45) is 3.86. The molecule has 11 heteroatoms. The van der Waals surface area contributed by atoms with Crippen LogP contribution in [0.2, 0.25) is 0 Å². The molecule has 0 unspecified atom stereocenters. The lowest BCUT2D eigenvalue weighted by atomic mass is 10.2. The maximum absolute atomic E-state index is 10.1. The fourth-order valence-corrected chi connectivity index (χ4v) is 3.09. The van der Waals surface area contributed by atoms with Crippen LogP contribution in [0.3, 0.4) is 0 Å². The Hall–Kier alpha value is -2.76. The SMILES string of the molecule is Nc1ncnc2c1nc(NCCc1cnc[nH]1)n2[C@H]1C[C@H](O)[C@@H](CO)O1. The lowest BCUT2D eigenvalue weighted by molar-refractivity contribution is -0.0425. The number of aromatic amines is 1. The van der Waals surface area contributed by atoms with Crippen molar-refractivity contribution in [1.82, 2.24) is 29.5 Å². The van der Waals surface area contributed by atoms with Crippen LogP contribution in [-0.4, -0.2) is 65.1 Å². The molecule has 6 N–H and O–H groups in total. The van der Waals surface area contributed by atoms with Crippen LogP contribution in [0.4, 0.5) is 11.8 Å². The summed E-state index contributed by atoms with van der Waals surface area (Å²) in [5.74, 6) is 0.783. The van der Waals surface area contributed by atoms with Gasteiger partial charge in [-0.25, -0.2) is 19.9 Å². The molecule has 0 radical (unpaired) electrons. The summed E-state index contributed by atoms with van der Waals surface area (Å²) in [4.78, 5) is 19.8. The summed E-state index contributed by atoms with van der Waals surface area (Å²) in [7, 11) is 0. The number of rotatable bonds is 6. The highest BCUT2D eigenvalue weighted by Gasteiger charge is 2.36. The average molecular weight is 360 g/mol. The van der Waals surface area contributed by atoms with Gasteiger partial charge >= 0.3 is 0 Å². The topological polar surface area (TPSA) is 160 Å². The molecule has 1 saturated heterocycles. The van der Waals surface area contributed by atoms with Crippen LogP contribution < -0.4 is 11.1 Å². The molecule has 0 amide bonds. The van der Waals surface area contributed by atoms with Gasteiger partial charge in [0, 0.05) is 31.3 Å². The van der Waals surface area contributed by atoms with E-state index in [0.717, 1.165) is 12.1 Å². The van der Waals surface area contributed by atoms with Gasteiger partial charge in [-0.15, -0.1) is 0 Å². The molecule has 11 nitrogen and oxygen atoms in total. The molecule has 0 bridgehead atoms. The predicted molar refractivity (Wildman–Crippen MR) is 92.1 cm³/mol. The van der Waals surface area contributed by atoms with Gasteiger partial charge in [0.25, 0.3) is 0 Å². The summed E-state index contributed by atoms with van der Waals surface area (Å²) in [6.45, 7) is 0.335. The zero-order valence-corrected chi connectivity index (χ0v) is 13.9. The molecule has 1 fully saturated rings. The van der Waals surface area contributed by atoms with Gasteiger partial charge in [0.15, 0.2) is 17.0 Å². The van der Waals surface area contributed by atoms with E-state index in [1.807, 2.05) is 0 Å². The van der Waals surface area contributed by atoms with Crippen molar-refractivity contribution in [2.24, 2.45) is 0 Å². The molecule has 0 saturated carbocycles. The Kier molecular flexibility index (Phi) is 4.41. The van der Waals surface area contributed by atoms with Crippen LogP contribution in [0.25, 0.3) is 11.2 Å². The monoisotopic (exact) mass is 360 g/mol. The van der Waals surface area contributed by atoms with Crippen molar-refractivity contribution in [3.8, 4) is 0 Å². The summed E-state index contributed by atoms with van der Waals surface area (Å²) in [5, 5.41) is 22.7. The third-order valence-corrected chi connectivity index (χ3v) is 4.41. The van der Waals surface area contributed by atoms with Gasteiger partial charge in [-0.1, -0.05) is 0 Å². The number of nitrogens with one attached hydrogen (secondary N) is 2. The largest absolute Gasteiger partial charge is 0.394 e. The van der Waals surface area contributed by atoms with Crippen molar-refractivity contribution < 1.29 is 14.9 Å². The van der Waals surface area contributed by atoms with Crippen molar-refractivity contribution in [3.63, 3.8) is 0 Å². The van der Waals surface area contributed by atoms with E-state index in [9.17, 15) is 10.2 Å². The maximum Gasteiger partial charge on any atom is 0.207 e. The quantitative estimate of drug-likeness (QED) is 0.387. The van der Waals surface area contributed by atoms with Gasteiger partial charge in [-0.05, 0) is 0 Å². The van der Waals surface area contributed by atoms with Gasteiger partial charge in [-0.2, -0.15) is 0 Å². The first-order chi connectivity index (χ1) is 12.7. The Balaban J connectivity index is 1.64. The number of nitrogen functional groups attached to an aromatic ring is 1. The van der Waals surface area contributed by atoms with E-state index in [1.54, 1.807) is 17.1 Å². The zero-order valence-electron chi connectivity index (χ0n) is 13.9. The second kappa shape index (κ2) is 6.86. The van der Waals surface area contributed by atoms with E-state index in [2.05, 4.69) is 30.2 Å². The van der Waals surface area contributed by atoms with Crippen molar-refractivity contribution in [3.05, 3.63) is 24.5 Å². The Morgan fingerprint density at radius 2 is 2.31 bits per heavy atom. The lowest BCUT2D eigenvalue weighted by Crippen LogP contribution is -2.24. The van der Waals surface area contributed by atoms with Crippen LogP contribution in [0.15, 0.2) is 18.9 Å². The number of imidazole rings is 2. The highest BCUT2D eigenvalue weighted by molar-refractivity contribution is 5.84. The van der Waals surface area contributed by atoms with Crippen LogP contribution in [0.1, 0.15) is 18.3 Å². The number of nitrogens with zero attached hydrogens (tertiary/aromatic N) is 5. The van der Waals surface area contributed by atoms with Crippen molar-refractivity contribution in [1.29, 1.82) is 0 Å². The van der Waals surface area contributed by atoms with E-state index in [4.69, 9.17) is 10.5 Å². The number of H-pyrrole nitrogens is 1. The van der Waals surface area contributed by atoms with E-state index in [0.29, 0.717) is 30.1 Å². The highest BCUT2D eigenvalue weighted by atomic mass is 16.5. The Labute approximate surface area is 148 Å². The van der Waals surface area contributed by atoms with E-state index in [-0.39, 0.29) is 12.4 Å².